The highest BCUT2D eigenvalue weighted by molar-refractivity contribution is 6.04. The number of carbonyl (C=O) groups excluding carboxylic acids is 1. The number of carbonyl (C=O) groups is 1. The second-order valence-electron chi connectivity index (χ2n) is 7.63. The lowest BCUT2D eigenvalue weighted by Gasteiger charge is -2.19. The Morgan fingerprint density at radius 1 is 1.07 bits per heavy atom. The summed E-state index contributed by atoms with van der Waals surface area (Å²) in [5.74, 6) is -0.257. The fourth-order valence-electron chi connectivity index (χ4n) is 3.19. The Balaban J connectivity index is 1.93. The standard InChI is InChI=1S/C22H22F3N3O2/c1-14(2)12-28-20(29)18-7-5-4-6-17(18)19(26-28)21(30)27(3)13-15-8-10-16(11-9-15)22(23,24)25/h4-11,14H,12-13H2,1-3H3. The lowest BCUT2D eigenvalue weighted by Crippen LogP contribution is -2.32. The summed E-state index contributed by atoms with van der Waals surface area (Å²) >= 11 is 0. The van der Waals surface area contributed by atoms with Crippen LogP contribution in [0.15, 0.2) is 53.3 Å². The molecule has 0 N–H and O–H groups in total. The topological polar surface area (TPSA) is 55.2 Å². The Labute approximate surface area is 171 Å². The van der Waals surface area contributed by atoms with E-state index in [0.717, 1.165) is 12.1 Å². The van der Waals surface area contributed by atoms with Crippen LogP contribution in [0.3, 0.4) is 0 Å². The minimum absolute atomic E-state index is 0.107. The van der Waals surface area contributed by atoms with Crippen LogP contribution < -0.4 is 5.56 Å². The molecule has 5 nitrogen and oxygen atoms in total. The van der Waals surface area contributed by atoms with Gasteiger partial charge in [0.25, 0.3) is 11.5 Å². The number of hydrogen-bond donors (Lipinski definition) is 0. The second kappa shape index (κ2) is 8.30. The number of rotatable bonds is 5. The highest BCUT2D eigenvalue weighted by Crippen LogP contribution is 2.29. The molecule has 0 aliphatic rings. The largest absolute Gasteiger partial charge is 0.416 e. The van der Waals surface area contributed by atoms with Crippen molar-refractivity contribution in [3.63, 3.8) is 0 Å². The predicted molar refractivity (Wildman–Crippen MR) is 108 cm³/mol. The number of aromatic nitrogens is 2. The van der Waals surface area contributed by atoms with Gasteiger partial charge >= 0.3 is 6.18 Å². The molecule has 0 fully saturated rings. The molecule has 0 atom stereocenters. The molecule has 30 heavy (non-hydrogen) atoms. The van der Waals surface area contributed by atoms with Gasteiger partial charge in [0.1, 0.15) is 0 Å². The van der Waals surface area contributed by atoms with Gasteiger partial charge in [-0.3, -0.25) is 9.59 Å². The van der Waals surface area contributed by atoms with E-state index >= 15 is 0 Å². The lowest BCUT2D eigenvalue weighted by atomic mass is 10.1. The Hall–Kier alpha value is -3.16. The van der Waals surface area contributed by atoms with Gasteiger partial charge in [-0.1, -0.05) is 44.2 Å². The van der Waals surface area contributed by atoms with Crippen LogP contribution >= 0.6 is 0 Å². The first-order valence-electron chi connectivity index (χ1n) is 9.49. The second-order valence-corrected chi connectivity index (χ2v) is 7.63. The summed E-state index contributed by atoms with van der Waals surface area (Å²) < 4.78 is 39.5. The maximum Gasteiger partial charge on any atom is 0.416 e. The van der Waals surface area contributed by atoms with E-state index in [1.807, 2.05) is 13.8 Å². The van der Waals surface area contributed by atoms with E-state index in [1.54, 1.807) is 31.3 Å². The molecule has 0 spiro atoms. The third-order valence-electron chi connectivity index (χ3n) is 4.66. The first-order valence-corrected chi connectivity index (χ1v) is 9.49. The molecule has 0 aliphatic carbocycles. The SMILES string of the molecule is CC(C)Cn1nc(C(=O)N(C)Cc2ccc(C(F)(F)F)cc2)c2ccccc2c1=O. The first kappa shape index (κ1) is 21.5. The molecular weight excluding hydrogens is 395 g/mol. The zero-order valence-corrected chi connectivity index (χ0v) is 16.9. The Morgan fingerprint density at radius 2 is 1.67 bits per heavy atom. The minimum atomic E-state index is -4.41. The third kappa shape index (κ3) is 4.53. The smallest absolute Gasteiger partial charge is 0.336 e. The average molecular weight is 417 g/mol. The quantitative estimate of drug-likeness (QED) is 0.621. The Morgan fingerprint density at radius 3 is 2.23 bits per heavy atom. The third-order valence-corrected chi connectivity index (χ3v) is 4.66. The number of nitrogens with zero attached hydrogens (tertiary/aromatic N) is 3. The van der Waals surface area contributed by atoms with E-state index < -0.39 is 17.6 Å². The van der Waals surface area contributed by atoms with Gasteiger partial charge in [0, 0.05) is 25.5 Å². The van der Waals surface area contributed by atoms with Crippen molar-refractivity contribution < 1.29 is 18.0 Å². The van der Waals surface area contributed by atoms with E-state index in [2.05, 4.69) is 5.10 Å². The van der Waals surface area contributed by atoms with Gasteiger partial charge in [0.05, 0.1) is 10.9 Å². The molecular formula is C22H22F3N3O2. The van der Waals surface area contributed by atoms with Gasteiger partial charge in [-0.15, -0.1) is 0 Å². The van der Waals surface area contributed by atoms with Crippen molar-refractivity contribution in [3.8, 4) is 0 Å². The van der Waals surface area contributed by atoms with Gasteiger partial charge in [0.2, 0.25) is 0 Å². The van der Waals surface area contributed by atoms with Crippen LogP contribution in [0, 0.1) is 5.92 Å². The van der Waals surface area contributed by atoms with Crippen LogP contribution in [0.2, 0.25) is 0 Å². The number of hydrogen-bond acceptors (Lipinski definition) is 3. The number of amides is 1. The Kier molecular flexibility index (Phi) is 5.96. The molecule has 8 heteroatoms. The summed E-state index contributed by atoms with van der Waals surface area (Å²) in [5.41, 5.74) is -0.311. The molecule has 2 aromatic carbocycles. The fraction of sp³-hybridized carbons (Fsp3) is 0.318. The molecule has 1 aromatic heterocycles. The van der Waals surface area contributed by atoms with Crippen molar-refractivity contribution in [2.45, 2.75) is 33.1 Å². The predicted octanol–water partition coefficient (Wildman–Crippen LogP) is 4.34. The zero-order valence-electron chi connectivity index (χ0n) is 16.9. The summed E-state index contributed by atoms with van der Waals surface area (Å²) in [6.45, 7) is 4.37. The van der Waals surface area contributed by atoms with E-state index in [4.69, 9.17) is 0 Å². The minimum Gasteiger partial charge on any atom is -0.336 e. The lowest BCUT2D eigenvalue weighted by molar-refractivity contribution is -0.137. The van der Waals surface area contributed by atoms with Crippen molar-refractivity contribution in [1.82, 2.24) is 14.7 Å². The maximum absolute atomic E-state index is 13.1. The molecule has 3 aromatic rings. The van der Waals surface area contributed by atoms with Crippen molar-refractivity contribution >= 4 is 16.7 Å². The van der Waals surface area contributed by atoms with E-state index in [0.29, 0.717) is 22.9 Å². The highest BCUT2D eigenvalue weighted by Gasteiger charge is 2.30. The van der Waals surface area contributed by atoms with Crippen LogP contribution in [0.5, 0.6) is 0 Å². The monoisotopic (exact) mass is 417 g/mol. The molecule has 0 bridgehead atoms. The fourth-order valence-corrected chi connectivity index (χ4v) is 3.19. The Bertz CT molecular complexity index is 1120. The van der Waals surface area contributed by atoms with Crippen molar-refractivity contribution in [1.29, 1.82) is 0 Å². The summed E-state index contributed by atoms with van der Waals surface area (Å²) in [6.07, 6.45) is -4.41. The summed E-state index contributed by atoms with van der Waals surface area (Å²) in [4.78, 5) is 27.2. The number of alkyl halides is 3. The van der Waals surface area contributed by atoms with Crippen LogP contribution in [0.25, 0.3) is 10.8 Å². The van der Waals surface area contributed by atoms with Gasteiger partial charge in [-0.2, -0.15) is 18.3 Å². The molecule has 0 saturated carbocycles. The molecule has 0 aliphatic heterocycles. The molecule has 3 rings (SSSR count). The van der Waals surface area contributed by atoms with Crippen molar-refractivity contribution in [2.24, 2.45) is 5.92 Å². The maximum atomic E-state index is 13.1. The van der Waals surface area contributed by atoms with Crippen molar-refractivity contribution in [3.05, 3.63) is 75.7 Å². The van der Waals surface area contributed by atoms with E-state index in [1.165, 1.54) is 21.7 Å². The average Bonchev–Trinajstić information content (AvgIpc) is 2.69. The van der Waals surface area contributed by atoms with Gasteiger partial charge in [-0.05, 0) is 29.7 Å². The van der Waals surface area contributed by atoms with Gasteiger partial charge < -0.3 is 4.90 Å². The molecule has 158 valence electrons. The number of fused-ring (bicyclic) bond motifs is 1. The van der Waals surface area contributed by atoms with Crippen LogP contribution in [0.1, 0.15) is 35.5 Å². The first-order chi connectivity index (χ1) is 14.1. The molecule has 1 heterocycles. The summed E-state index contributed by atoms with van der Waals surface area (Å²) in [6, 6.07) is 11.4. The normalized spacial score (nSPS) is 11.8. The van der Waals surface area contributed by atoms with E-state index in [-0.39, 0.29) is 23.7 Å². The summed E-state index contributed by atoms with van der Waals surface area (Å²) in [5, 5.41) is 5.17. The molecule has 0 saturated heterocycles. The number of benzene rings is 2. The highest BCUT2D eigenvalue weighted by atomic mass is 19.4. The zero-order chi connectivity index (χ0) is 22.1. The molecule has 1 amide bonds. The van der Waals surface area contributed by atoms with Crippen LogP contribution in [0.4, 0.5) is 13.2 Å². The summed E-state index contributed by atoms with van der Waals surface area (Å²) in [7, 11) is 1.55. The van der Waals surface area contributed by atoms with Crippen LogP contribution in [-0.4, -0.2) is 27.6 Å². The van der Waals surface area contributed by atoms with E-state index in [9.17, 15) is 22.8 Å². The molecule has 0 radical (unpaired) electrons. The number of halogens is 3. The van der Waals surface area contributed by atoms with Gasteiger partial charge in [0.15, 0.2) is 5.69 Å². The van der Waals surface area contributed by atoms with Crippen molar-refractivity contribution in [2.75, 3.05) is 7.05 Å². The van der Waals surface area contributed by atoms with Gasteiger partial charge in [-0.25, -0.2) is 4.68 Å². The molecule has 0 unspecified atom stereocenters. The van der Waals surface area contributed by atoms with Crippen LogP contribution in [-0.2, 0) is 19.3 Å².